The second-order valence-corrected chi connectivity index (χ2v) is 6.22. The predicted octanol–water partition coefficient (Wildman–Crippen LogP) is 2.50. The van der Waals surface area contributed by atoms with Gasteiger partial charge in [-0.25, -0.2) is 0 Å². The molecule has 0 unspecified atom stereocenters. The van der Waals surface area contributed by atoms with Crippen molar-refractivity contribution in [3.63, 3.8) is 0 Å². The summed E-state index contributed by atoms with van der Waals surface area (Å²) in [6.45, 7) is 11.6. The molecule has 4 heteroatoms. The first kappa shape index (κ1) is 14.3. The smallest absolute Gasteiger partial charge is 0.399 e. The van der Waals surface area contributed by atoms with Crippen molar-refractivity contribution in [1.82, 2.24) is 0 Å². The van der Waals surface area contributed by atoms with Crippen molar-refractivity contribution in [2.45, 2.75) is 52.7 Å². The standard InChI is InChI=1S/C15H21BO3/c1-10-9-12(7-8-13(10)11(2)17)16-18-14(3,4)15(5,6)19-16/h7-9H,1-6H3. The van der Waals surface area contributed by atoms with E-state index >= 15 is 0 Å². The van der Waals surface area contributed by atoms with Crippen molar-refractivity contribution in [3.8, 4) is 0 Å². The van der Waals surface area contributed by atoms with Crippen LogP contribution < -0.4 is 5.46 Å². The Morgan fingerprint density at radius 1 is 1.11 bits per heavy atom. The maximum absolute atomic E-state index is 11.4. The second-order valence-electron chi connectivity index (χ2n) is 6.22. The lowest BCUT2D eigenvalue weighted by atomic mass is 9.77. The van der Waals surface area contributed by atoms with Gasteiger partial charge >= 0.3 is 7.12 Å². The van der Waals surface area contributed by atoms with E-state index in [4.69, 9.17) is 9.31 Å². The van der Waals surface area contributed by atoms with Gasteiger partial charge in [0.25, 0.3) is 0 Å². The van der Waals surface area contributed by atoms with Gasteiger partial charge in [-0.2, -0.15) is 0 Å². The topological polar surface area (TPSA) is 35.5 Å². The van der Waals surface area contributed by atoms with E-state index in [1.165, 1.54) is 0 Å². The highest BCUT2D eigenvalue weighted by Crippen LogP contribution is 2.36. The van der Waals surface area contributed by atoms with Crippen LogP contribution in [-0.4, -0.2) is 24.1 Å². The number of ketones is 1. The van der Waals surface area contributed by atoms with E-state index in [2.05, 4.69) is 0 Å². The van der Waals surface area contributed by atoms with Gasteiger partial charge < -0.3 is 9.31 Å². The first-order chi connectivity index (χ1) is 8.64. The van der Waals surface area contributed by atoms with Crippen molar-refractivity contribution in [2.75, 3.05) is 0 Å². The first-order valence-corrected chi connectivity index (χ1v) is 6.61. The molecule has 0 bridgehead atoms. The van der Waals surface area contributed by atoms with Crippen molar-refractivity contribution in [2.24, 2.45) is 0 Å². The Kier molecular flexibility index (Phi) is 3.35. The maximum Gasteiger partial charge on any atom is 0.494 e. The molecular weight excluding hydrogens is 239 g/mol. The summed E-state index contributed by atoms with van der Waals surface area (Å²) in [5, 5.41) is 0. The number of rotatable bonds is 2. The number of Topliss-reactive ketones (excluding diaryl/α,β-unsaturated/α-hetero) is 1. The van der Waals surface area contributed by atoms with Crippen molar-refractivity contribution in [3.05, 3.63) is 29.3 Å². The minimum absolute atomic E-state index is 0.0815. The van der Waals surface area contributed by atoms with E-state index in [-0.39, 0.29) is 24.1 Å². The molecule has 3 nitrogen and oxygen atoms in total. The van der Waals surface area contributed by atoms with Crippen molar-refractivity contribution in [1.29, 1.82) is 0 Å². The molecule has 0 atom stereocenters. The average Bonchev–Trinajstić information content (AvgIpc) is 2.47. The zero-order chi connectivity index (χ0) is 14.4. The summed E-state index contributed by atoms with van der Waals surface area (Å²) in [6.07, 6.45) is 0. The normalized spacial score (nSPS) is 20.6. The van der Waals surface area contributed by atoms with Crippen LogP contribution in [0.2, 0.25) is 0 Å². The summed E-state index contributed by atoms with van der Waals surface area (Å²) in [7, 11) is -0.371. The fraction of sp³-hybridized carbons (Fsp3) is 0.533. The predicted molar refractivity (Wildman–Crippen MR) is 76.9 cm³/mol. The molecule has 0 saturated carbocycles. The molecule has 1 saturated heterocycles. The molecule has 1 aromatic carbocycles. The van der Waals surface area contributed by atoms with E-state index in [9.17, 15) is 4.79 Å². The lowest BCUT2D eigenvalue weighted by Gasteiger charge is -2.32. The Morgan fingerprint density at radius 2 is 1.63 bits per heavy atom. The molecule has 1 heterocycles. The van der Waals surface area contributed by atoms with Gasteiger partial charge in [-0.15, -0.1) is 0 Å². The molecule has 0 aromatic heterocycles. The molecule has 0 radical (unpaired) electrons. The van der Waals surface area contributed by atoms with Crippen LogP contribution in [0.4, 0.5) is 0 Å². The van der Waals surface area contributed by atoms with Gasteiger partial charge in [0.15, 0.2) is 5.78 Å². The Bertz CT molecular complexity index is 504. The zero-order valence-corrected chi connectivity index (χ0v) is 12.5. The minimum Gasteiger partial charge on any atom is -0.399 e. The summed E-state index contributed by atoms with van der Waals surface area (Å²) < 4.78 is 12.0. The van der Waals surface area contributed by atoms with Gasteiger partial charge in [-0.3, -0.25) is 4.79 Å². The Balaban J connectivity index is 2.31. The molecule has 0 N–H and O–H groups in total. The van der Waals surface area contributed by atoms with E-state index < -0.39 is 0 Å². The third-order valence-electron chi connectivity index (χ3n) is 4.16. The molecule has 102 valence electrons. The van der Waals surface area contributed by atoms with Crippen LogP contribution >= 0.6 is 0 Å². The fourth-order valence-electron chi connectivity index (χ4n) is 2.21. The third-order valence-corrected chi connectivity index (χ3v) is 4.16. The van der Waals surface area contributed by atoms with Crippen LogP contribution in [-0.2, 0) is 9.31 Å². The van der Waals surface area contributed by atoms with Gasteiger partial charge in [0.2, 0.25) is 0 Å². The number of carbonyl (C=O) groups excluding carboxylic acids is 1. The minimum atomic E-state index is -0.371. The van der Waals surface area contributed by atoms with Gasteiger partial charge in [0.1, 0.15) is 0 Å². The monoisotopic (exact) mass is 260 g/mol. The van der Waals surface area contributed by atoms with Crippen molar-refractivity contribution < 1.29 is 14.1 Å². The van der Waals surface area contributed by atoms with E-state index in [0.717, 1.165) is 16.6 Å². The molecule has 1 fully saturated rings. The number of carbonyl (C=O) groups is 1. The lowest BCUT2D eigenvalue weighted by molar-refractivity contribution is 0.00578. The summed E-state index contributed by atoms with van der Waals surface area (Å²) in [4.78, 5) is 11.4. The molecule has 1 aromatic rings. The van der Waals surface area contributed by atoms with E-state index in [1.54, 1.807) is 6.92 Å². The van der Waals surface area contributed by atoms with Crippen LogP contribution in [0.15, 0.2) is 18.2 Å². The Labute approximate surface area is 115 Å². The van der Waals surface area contributed by atoms with Crippen molar-refractivity contribution >= 4 is 18.4 Å². The van der Waals surface area contributed by atoms with Crippen LogP contribution in [0.3, 0.4) is 0 Å². The highest BCUT2D eigenvalue weighted by molar-refractivity contribution is 6.62. The summed E-state index contributed by atoms with van der Waals surface area (Å²) in [6, 6.07) is 5.72. The molecule has 1 aliphatic heterocycles. The van der Waals surface area contributed by atoms with Crippen LogP contribution in [0.25, 0.3) is 0 Å². The molecule has 2 rings (SSSR count). The van der Waals surface area contributed by atoms with E-state index in [0.29, 0.717) is 0 Å². The Morgan fingerprint density at radius 3 is 2.05 bits per heavy atom. The Hall–Kier alpha value is -1.13. The first-order valence-electron chi connectivity index (χ1n) is 6.61. The van der Waals surface area contributed by atoms with Gasteiger partial charge in [-0.05, 0) is 52.6 Å². The molecule has 0 spiro atoms. The molecule has 1 aliphatic rings. The summed E-state index contributed by atoms with van der Waals surface area (Å²) in [5.74, 6) is 0.0815. The quantitative estimate of drug-likeness (QED) is 0.605. The van der Waals surface area contributed by atoms with Gasteiger partial charge in [-0.1, -0.05) is 18.2 Å². The highest BCUT2D eigenvalue weighted by atomic mass is 16.7. The number of hydrogen-bond donors (Lipinski definition) is 0. The zero-order valence-electron chi connectivity index (χ0n) is 12.5. The number of hydrogen-bond acceptors (Lipinski definition) is 3. The number of benzene rings is 1. The van der Waals surface area contributed by atoms with Crippen LogP contribution in [0, 0.1) is 6.92 Å². The van der Waals surface area contributed by atoms with Gasteiger partial charge in [0.05, 0.1) is 11.2 Å². The summed E-state index contributed by atoms with van der Waals surface area (Å²) in [5.41, 5.74) is 1.98. The van der Waals surface area contributed by atoms with Crippen LogP contribution in [0.5, 0.6) is 0 Å². The fourth-order valence-corrected chi connectivity index (χ4v) is 2.21. The summed E-state index contributed by atoms with van der Waals surface area (Å²) >= 11 is 0. The van der Waals surface area contributed by atoms with E-state index in [1.807, 2.05) is 52.8 Å². The molecule has 19 heavy (non-hydrogen) atoms. The lowest BCUT2D eigenvalue weighted by Crippen LogP contribution is -2.41. The maximum atomic E-state index is 11.4. The number of aryl methyl sites for hydroxylation is 1. The van der Waals surface area contributed by atoms with Crippen LogP contribution in [0.1, 0.15) is 50.5 Å². The largest absolute Gasteiger partial charge is 0.494 e. The molecule has 0 aliphatic carbocycles. The average molecular weight is 260 g/mol. The highest BCUT2D eigenvalue weighted by Gasteiger charge is 2.51. The third kappa shape index (κ3) is 2.47. The second kappa shape index (κ2) is 4.46. The van der Waals surface area contributed by atoms with Gasteiger partial charge in [0, 0.05) is 5.56 Å². The molecule has 0 amide bonds. The SMILES string of the molecule is CC(=O)c1ccc(B2OC(C)(C)C(C)(C)O2)cc1C. The molecular formula is C15H21BO3.